The van der Waals surface area contributed by atoms with Gasteiger partial charge in [0, 0.05) is 27.8 Å². The van der Waals surface area contributed by atoms with Crippen molar-refractivity contribution < 1.29 is 19.7 Å². The average Bonchev–Trinajstić information content (AvgIpc) is 3.20. The monoisotopic (exact) mass is 361 g/mol. The van der Waals surface area contributed by atoms with E-state index in [0.29, 0.717) is 22.7 Å². The third kappa shape index (κ3) is 3.06. The van der Waals surface area contributed by atoms with E-state index in [9.17, 15) is 9.90 Å². The highest BCUT2D eigenvalue weighted by Gasteiger charge is 2.11. The van der Waals surface area contributed by atoms with Crippen LogP contribution in [0.5, 0.6) is 11.6 Å². The summed E-state index contributed by atoms with van der Waals surface area (Å²) in [6.45, 7) is 0. The van der Waals surface area contributed by atoms with Gasteiger partial charge in [0.05, 0.1) is 18.5 Å². The van der Waals surface area contributed by atoms with E-state index in [-0.39, 0.29) is 5.88 Å². The standard InChI is InChI=1S/C20H15N3O4/c1-27-12-3-5-16-14(10-12)15(20(26)21-16)8-11-2-4-13-17(6-7-19(24)25)22-23-18(13)9-11/h2-10,21,26H,1H3,(H,24,25). The average molecular weight is 361 g/mol. The number of rotatable bonds is 4. The lowest BCUT2D eigenvalue weighted by Gasteiger charge is -1.99. The molecule has 134 valence electrons. The van der Waals surface area contributed by atoms with Gasteiger partial charge >= 0.3 is 5.97 Å². The normalized spacial score (nSPS) is 13.7. The summed E-state index contributed by atoms with van der Waals surface area (Å²) in [5.41, 5.74) is 2.59. The number of fused-ring (bicyclic) bond motifs is 2. The Morgan fingerprint density at radius 1 is 1.19 bits per heavy atom. The molecule has 3 N–H and O–H groups in total. The molecule has 1 aromatic heterocycles. The summed E-state index contributed by atoms with van der Waals surface area (Å²) < 4.78 is 5.26. The third-order valence-electron chi connectivity index (χ3n) is 4.28. The van der Waals surface area contributed by atoms with Crippen molar-refractivity contribution >= 4 is 34.3 Å². The largest absolute Gasteiger partial charge is 0.497 e. The van der Waals surface area contributed by atoms with Crippen LogP contribution in [0.4, 0.5) is 5.69 Å². The smallest absolute Gasteiger partial charge is 0.328 e. The fourth-order valence-electron chi connectivity index (χ4n) is 2.99. The number of aliphatic carboxylic acids is 1. The van der Waals surface area contributed by atoms with Crippen LogP contribution >= 0.6 is 0 Å². The van der Waals surface area contributed by atoms with Crippen molar-refractivity contribution in [2.24, 2.45) is 10.2 Å². The van der Waals surface area contributed by atoms with Crippen LogP contribution in [0.1, 0.15) is 5.56 Å². The number of azo groups is 1. The predicted molar refractivity (Wildman–Crippen MR) is 100 cm³/mol. The van der Waals surface area contributed by atoms with Gasteiger partial charge < -0.3 is 19.9 Å². The first-order chi connectivity index (χ1) is 13.0. The van der Waals surface area contributed by atoms with E-state index in [4.69, 9.17) is 9.84 Å². The molecule has 0 spiro atoms. The Labute approximate surface area is 153 Å². The third-order valence-corrected chi connectivity index (χ3v) is 4.28. The Kier molecular flexibility index (Phi) is 3.97. The first-order valence-corrected chi connectivity index (χ1v) is 8.13. The first kappa shape index (κ1) is 16.6. The molecule has 0 atom stereocenters. The molecule has 0 fully saturated rings. The Morgan fingerprint density at radius 2 is 2.04 bits per heavy atom. The van der Waals surface area contributed by atoms with E-state index in [1.54, 1.807) is 7.11 Å². The summed E-state index contributed by atoms with van der Waals surface area (Å²) in [7, 11) is 1.59. The van der Waals surface area contributed by atoms with Crippen molar-refractivity contribution in [3.63, 3.8) is 0 Å². The fourth-order valence-corrected chi connectivity index (χ4v) is 2.99. The second-order valence-corrected chi connectivity index (χ2v) is 5.98. The van der Waals surface area contributed by atoms with Crippen molar-refractivity contribution in [3.05, 3.63) is 64.6 Å². The number of hydrogen-bond acceptors (Lipinski definition) is 5. The van der Waals surface area contributed by atoms with E-state index in [1.807, 2.05) is 42.5 Å². The minimum Gasteiger partial charge on any atom is -0.497 e. The molecule has 0 saturated heterocycles. The number of carboxylic acids is 1. The Bertz CT molecular complexity index is 1250. The molecule has 0 saturated carbocycles. The molecule has 0 amide bonds. The van der Waals surface area contributed by atoms with Crippen molar-refractivity contribution in [3.8, 4) is 11.6 Å². The number of aromatic amines is 1. The van der Waals surface area contributed by atoms with Crippen LogP contribution in [0.15, 0.2) is 58.8 Å². The zero-order valence-corrected chi connectivity index (χ0v) is 14.3. The van der Waals surface area contributed by atoms with Crippen LogP contribution in [0.3, 0.4) is 0 Å². The number of ether oxygens (including phenoxy) is 1. The molecule has 0 unspecified atom stereocenters. The molecule has 2 heterocycles. The Hall–Kier alpha value is -3.87. The van der Waals surface area contributed by atoms with Gasteiger partial charge in [-0.05, 0) is 47.7 Å². The zero-order valence-electron chi connectivity index (χ0n) is 14.3. The summed E-state index contributed by atoms with van der Waals surface area (Å²) in [5, 5.41) is 29.6. The molecule has 0 radical (unpaired) electrons. The van der Waals surface area contributed by atoms with Crippen molar-refractivity contribution in [2.75, 3.05) is 7.11 Å². The minimum absolute atomic E-state index is 0.0667. The number of aromatic hydroxyl groups is 1. The summed E-state index contributed by atoms with van der Waals surface area (Å²) in [5.74, 6) is -0.276. The number of carbonyl (C=O) groups is 1. The quantitative estimate of drug-likeness (QED) is 0.621. The topological polar surface area (TPSA) is 107 Å². The van der Waals surface area contributed by atoms with Gasteiger partial charge in [-0.2, -0.15) is 0 Å². The molecule has 2 aromatic carbocycles. The molecule has 1 aliphatic rings. The molecule has 3 aromatic rings. The van der Waals surface area contributed by atoms with Gasteiger partial charge in [0.1, 0.15) is 5.75 Å². The van der Waals surface area contributed by atoms with Gasteiger partial charge in [0.15, 0.2) is 5.88 Å². The van der Waals surface area contributed by atoms with Gasteiger partial charge in [-0.15, -0.1) is 10.2 Å². The maximum atomic E-state index is 10.7. The SMILES string of the molecule is COc1ccc2[nH]c(O)c(C=c3ccc4c(c3)N=NC=4C=CC(=O)O)c2c1. The second kappa shape index (κ2) is 6.45. The van der Waals surface area contributed by atoms with Crippen LogP contribution in [-0.4, -0.2) is 28.3 Å². The minimum atomic E-state index is -1.04. The summed E-state index contributed by atoms with van der Waals surface area (Å²) in [6.07, 6.45) is 4.29. The van der Waals surface area contributed by atoms with E-state index in [0.717, 1.165) is 27.4 Å². The fraction of sp³-hybridized carbons (Fsp3) is 0.0500. The molecule has 0 aliphatic carbocycles. The highest BCUT2D eigenvalue weighted by molar-refractivity contribution is 5.92. The van der Waals surface area contributed by atoms with Crippen LogP contribution in [0.25, 0.3) is 22.7 Å². The number of benzene rings is 2. The molecule has 0 bridgehead atoms. The summed E-state index contributed by atoms with van der Waals surface area (Å²) in [6, 6.07) is 11.0. The van der Waals surface area contributed by atoms with Crippen LogP contribution in [-0.2, 0) is 4.79 Å². The Morgan fingerprint density at radius 3 is 2.81 bits per heavy atom. The molecule has 7 heteroatoms. The molecule has 1 aliphatic heterocycles. The molecule has 27 heavy (non-hydrogen) atoms. The molecular formula is C20H15N3O4. The highest BCUT2D eigenvalue weighted by Crippen LogP contribution is 2.30. The summed E-state index contributed by atoms with van der Waals surface area (Å²) in [4.78, 5) is 13.6. The lowest BCUT2D eigenvalue weighted by Crippen LogP contribution is -2.08. The van der Waals surface area contributed by atoms with Crippen molar-refractivity contribution in [1.29, 1.82) is 0 Å². The van der Waals surface area contributed by atoms with Gasteiger partial charge in [0.2, 0.25) is 0 Å². The maximum absolute atomic E-state index is 10.7. The number of nitrogens with one attached hydrogen (secondary N) is 1. The van der Waals surface area contributed by atoms with Crippen LogP contribution < -0.4 is 15.2 Å². The lowest BCUT2D eigenvalue weighted by molar-refractivity contribution is -0.131. The first-order valence-electron chi connectivity index (χ1n) is 8.13. The number of carboxylic acid groups (broad SMARTS) is 1. The molecule has 4 rings (SSSR count). The second-order valence-electron chi connectivity index (χ2n) is 5.98. The number of H-pyrrole nitrogens is 1. The van der Waals surface area contributed by atoms with E-state index in [1.165, 1.54) is 6.08 Å². The maximum Gasteiger partial charge on any atom is 0.328 e. The van der Waals surface area contributed by atoms with E-state index < -0.39 is 5.97 Å². The van der Waals surface area contributed by atoms with Gasteiger partial charge in [-0.3, -0.25) is 0 Å². The van der Waals surface area contributed by atoms with E-state index >= 15 is 0 Å². The molecule has 7 nitrogen and oxygen atoms in total. The number of methoxy groups -OCH3 is 1. The zero-order chi connectivity index (χ0) is 19.0. The number of aromatic nitrogens is 1. The van der Waals surface area contributed by atoms with Gasteiger partial charge in [-0.25, -0.2) is 4.79 Å². The number of hydrogen-bond donors (Lipinski definition) is 3. The van der Waals surface area contributed by atoms with E-state index in [2.05, 4.69) is 15.2 Å². The summed E-state index contributed by atoms with van der Waals surface area (Å²) >= 11 is 0. The van der Waals surface area contributed by atoms with Crippen molar-refractivity contribution in [2.45, 2.75) is 0 Å². The molecular weight excluding hydrogens is 346 g/mol. The van der Waals surface area contributed by atoms with Gasteiger partial charge in [0.25, 0.3) is 0 Å². The van der Waals surface area contributed by atoms with Gasteiger partial charge in [-0.1, -0.05) is 6.07 Å². The Balaban J connectivity index is 1.83. The lowest BCUT2D eigenvalue weighted by atomic mass is 10.1. The predicted octanol–water partition coefficient (Wildman–Crippen LogP) is 2.56. The highest BCUT2D eigenvalue weighted by atomic mass is 16.5. The number of nitrogens with zero attached hydrogens (tertiary/aromatic N) is 2. The van der Waals surface area contributed by atoms with Crippen molar-refractivity contribution in [1.82, 2.24) is 4.98 Å². The van der Waals surface area contributed by atoms with Crippen LogP contribution in [0, 0.1) is 0 Å². The van der Waals surface area contributed by atoms with Crippen LogP contribution in [0.2, 0.25) is 0 Å².